The highest BCUT2D eigenvalue weighted by atomic mass is 35.5. The number of alkyl halides is 1. The second-order valence-corrected chi connectivity index (χ2v) is 7.87. The van der Waals surface area contributed by atoms with E-state index >= 15 is 0 Å². The second-order valence-electron chi connectivity index (χ2n) is 7.49. The molecule has 0 bridgehead atoms. The van der Waals surface area contributed by atoms with Gasteiger partial charge in [-0.25, -0.2) is 18.2 Å². The molecule has 0 fully saturated rings. The standard InChI is InChI=1S/C24H22ClF3N4O3/c1-14-12-32(13-29-14)20-5-3-15(9-21(20)35-2)4-6-22(33)30-31-24(34)17(7-8-25)16-10-18(26)23(28)19(27)11-16/h3-6,9-13,17H,7-8H2,1-2H3,(H,30,33)(H,31,34). The lowest BCUT2D eigenvalue weighted by Gasteiger charge is -2.16. The number of rotatable bonds is 8. The fourth-order valence-corrected chi connectivity index (χ4v) is 3.54. The third-order valence-corrected chi connectivity index (χ3v) is 5.27. The number of carbonyl (C=O) groups is 2. The Morgan fingerprint density at radius 2 is 1.89 bits per heavy atom. The van der Waals surface area contributed by atoms with E-state index < -0.39 is 35.2 Å². The van der Waals surface area contributed by atoms with Gasteiger partial charge in [0.25, 0.3) is 5.91 Å². The van der Waals surface area contributed by atoms with Crippen LogP contribution in [0.2, 0.25) is 0 Å². The maximum absolute atomic E-state index is 13.6. The molecule has 1 unspecified atom stereocenters. The highest BCUT2D eigenvalue weighted by molar-refractivity contribution is 6.18. The number of nitrogens with zero attached hydrogens (tertiary/aromatic N) is 2. The highest BCUT2D eigenvalue weighted by Gasteiger charge is 2.23. The lowest BCUT2D eigenvalue weighted by Crippen LogP contribution is -2.43. The van der Waals surface area contributed by atoms with Crippen LogP contribution in [0.5, 0.6) is 5.75 Å². The molecule has 0 aliphatic heterocycles. The molecule has 1 heterocycles. The van der Waals surface area contributed by atoms with Gasteiger partial charge in [0.05, 0.1) is 30.7 Å². The Balaban J connectivity index is 1.65. The number of imidazole rings is 1. The minimum Gasteiger partial charge on any atom is -0.495 e. The number of hydrogen-bond acceptors (Lipinski definition) is 4. The van der Waals surface area contributed by atoms with E-state index in [2.05, 4.69) is 15.8 Å². The van der Waals surface area contributed by atoms with Crippen molar-refractivity contribution >= 4 is 29.5 Å². The average molecular weight is 507 g/mol. The molecule has 2 N–H and O–H groups in total. The van der Waals surface area contributed by atoms with Gasteiger partial charge >= 0.3 is 0 Å². The number of benzene rings is 2. The van der Waals surface area contributed by atoms with Crippen molar-refractivity contribution in [2.24, 2.45) is 0 Å². The first kappa shape index (κ1) is 25.8. The van der Waals surface area contributed by atoms with E-state index in [4.69, 9.17) is 16.3 Å². The molecule has 0 saturated carbocycles. The number of ether oxygens (including phenoxy) is 1. The van der Waals surface area contributed by atoms with Gasteiger partial charge in [-0.1, -0.05) is 6.07 Å². The summed E-state index contributed by atoms with van der Waals surface area (Å²) in [5.41, 5.74) is 6.54. The predicted molar refractivity (Wildman–Crippen MR) is 125 cm³/mol. The molecule has 1 aromatic heterocycles. The van der Waals surface area contributed by atoms with Gasteiger partial charge in [0.1, 0.15) is 5.75 Å². The highest BCUT2D eigenvalue weighted by Crippen LogP contribution is 2.26. The SMILES string of the molecule is COc1cc(C=CC(=O)NNC(=O)C(CCCl)c2cc(F)c(F)c(F)c2)ccc1-n1cnc(C)c1. The molecule has 11 heteroatoms. The van der Waals surface area contributed by atoms with E-state index in [1.54, 1.807) is 29.1 Å². The van der Waals surface area contributed by atoms with Crippen LogP contribution in [0.3, 0.4) is 0 Å². The van der Waals surface area contributed by atoms with Gasteiger partial charge in [0, 0.05) is 18.2 Å². The van der Waals surface area contributed by atoms with Gasteiger partial charge in [-0.05, 0) is 54.8 Å². The first-order valence-electron chi connectivity index (χ1n) is 10.4. The summed E-state index contributed by atoms with van der Waals surface area (Å²) in [7, 11) is 1.52. The van der Waals surface area contributed by atoms with Crippen molar-refractivity contribution in [2.45, 2.75) is 19.3 Å². The van der Waals surface area contributed by atoms with Crippen molar-refractivity contribution in [1.29, 1.82) is 0 Å². The second kappa shape index (κ2) is 11.6. The van der Waals surface area contributed by atoms with Gasteiger partial charge < -0.3 is 9.30 Å². The van der Waals surface area contributed by atoms with E-state index in [1.165, 1.54) is 19.3 Å². The molecule has 0 aliphatic carbocycles. The van der Waals surface area contributed by atoms with Gasteiger partial charge in [-0.3, -0.25) is 20.4 Å². The number of methoxy groups -OCH3 is 1. The molecule has 3 rings (SSSR count). The van der Waals surface area contributed by atoms with Gasteiger partial charge in [-0.15, -0.1) is 11.6 Å². The van der Waals surface area contributed by atoms with Crippen molar-refractivity contribution in [3.05, 3.63) is 83.2 Å². The summed E-state index contributed by atoms with van der Waals surface area (Å²) in [5, 5.41) is 0. The first-order valence-corrected chi connectivity index (χ1v) is 10.9. The van der Waals surface area contributed by atoms with Crippen molar-refractivity contribution in [1.82, 2.24) is 20.4 Å². The number of hydrazine groups is 1. The van der Waals surface area contributed by atoms with Crippen LogP contribution >= 0.6 is 11.6 Å². The Hall–Kier alpha value is -3.79. The summed E-state index contributed by atoms with van der Waals surface area (Å²) in [6, 6.07) is 6.74. The van der Waals surface area contributed by atoms with Crippen LogP contribution in [0, 0.1) is 24.4 Å². The van der Waals surface area contributed by atoms with Crippen LogP contribution in [-0.2, 0) is 9.59 Å². The Morgan fingerprint density at radius 1 is 1.17 bits per heavy atom. The largest absolute Gasteiger partial charge is 0.495 e. The fraction of sp³-hybridized carbons (Fsp3) is 0.208. The predicted octanol–water partition coefficient (Wildman–Crippen LogP) is 4.18. The van der Waals surface area contributed by atoms with Crippen LogP contribution in [0.1, 0.15) is 29.2 Å². The summed E-state index contributed by atoms with van der Waals surface area (Å²) in [4.78, 5) is 28.9. The van der Waals surface area contributed by atoms with E-state index in [0.717, 1.165) is 23.5 Å². The Morgan fingerprint density at radius 3 is 2.49 bits per heavy atom. The van der Waals surface area contributed by atoms with E-state index in [9.17, 15) is 22.8 Å². The van der Waals surface area contributed by atoms with Crippen molar-refractivity contribution in [2.75, 3.05) is 13.0 Å². The average Bonchev–Trinajstić information content (AvgIpc) is 3.28. The van der Waals surface area contributed by atoms with Crippen LogP contribution in [0.4, 0.5) is 13.2 Å². The molecule has 3 aromatic rings. The normalized spacial score (nSPS) is 11.9. The van der Waals surface area contributed by atoms with E-state index in [0.29, 0.717) is 11.3 Å². The molecule has 1 atom stereocenters. The molecule has 0 aliphatic rings. The number of amides is 2. The summed E-state index contributed by atoms with van der Waals surface area (Å²) >= 11 is 5.70. The Labute approximate surface area is 204 Å². The molecule has 2 aromatic carbocycles. The molecule has 184 valence electrons. The molecule has 35 heavy (non-hydrogen) atoms. The number of halogens is 4. The van der Waals surface area contributed by atoms with Crippen molar-refractivity contribution in [3.8, 4) is 11.4 Å². The third-order valence-electron chi connectivity index (χ3n) is 5.05. The zero-order valence-electron chi connectivity index (χ0n) is 18.8. The first-order chi connectivity index (χ1) is 16.7. The lowest BCUT2D eigenvalue weighted by atomic mass is 9.95. The summed E-state index contributed by atoms with van der Waals surface area (Å²) in [5.74, 6) is -6.48. The molecule has 0 spiro atoms. The zero-order chi connectivity index (χ0) is 25.5. The lowest BCUT2D eigenvalue weighted by molar-refractivity contribution is -0.127. The van der Waals surface area contributed by atoms with Gasteiger partial charge in [-0.2, -0.15) is 0 Å². The topological polar surface area (TPSA) is 85.3 Å². The number of aromatic nitrogens is 2. The number of aryl methyl sites for hydroxylation is 1. The molecule has 7 nitrogen and oxygen atoms in total. The molecule has 0 saturated heterocycles. The van der Waals surface area contributed by atoms with Crippen LogP contribution in [0.15, 0.2) is 48.9 Å². The summed E-state index contributed by atoms with van der Waals surface area (Å²) < 4.78 is 47.6. The summed E-state index contributed by atoms with van der Waals surface area (Å²) in [6.07, 6.45) is 6.20. The fourth-order valence-electron chi connectivity index (χ4n) is 3.32. The van der Waals surface area contributed by atoms with E-state index in [1.807, 2.05) is 13.1 Å². The maximum atomic E-state index is 13.6. The van der Waals surface area contributed by atoms with Gasteiger partial charge in [0.2, 0.25) is 5.91 Å². The quantitative estimate of drug-likeness (QED) is 0.208. The van der Waals surface area contributed by atoms with Crippen LogP contribution < -0.4 is 15.6 Å². The zero-order valence-corrected chi connectivity index (χ0v) is 19.6. The number of nitrogens with one attached hydrogen (secondary N) is 2. The van der Waals surface area contributed by atoms with Crippen LogP contribution in [0.25, 0.3) is 11.8 Å². The molecule has 0 radical (unpaired) electrons. The molecular weight excluding hydrogens is 485 g/mol. The monoisotopic (exact) mass is 506 g/mol. The van der Waals surface area contributed by atoms with Crippen LogP contribution in [-0.4, -0.2) is 34.4 Å². The minimum absolute atomic E-state index is 0.00614. The van der Waals surface area contributed by atoms with E-state index in [-0.39, 0.29) is 17.9 Å². The van der Waals surface area contributed by atoms with Gasteiger partial charge in [0.15, 0.2) is 17.5 Å². The summed E-state index contributed by atoms with van der Waals surface area (Å²) in [6.45, 7) is 1.87. The molecule has 2 amide bonds. The number of carbonyl (C=O) groups excluding carboxylic acids is 2. The molecular formula is C24H22ClF3N4O3. The third kappa shape index (κ3) is 6.42. The van der Waals surface area contributed by atoms with Crippen molar-refractivity contribution < 1.29 is 27.5 Å². The number of hydrogen-bond donors (Lipinski definition) is 2. The smallest absolute Gasteiger partial charge is 0.262 e. The van der Waals surface area contributed by atoms with Crippen molar-refractivity contribution in [3.63, 3.8) is 0 Å². The minimum atomic E-state index is -1.64. The Kier molecular flexibility index (Phi) is 8.53. The maximum Gasteiger partial charge on any atom is 0.262 e. The Bertz CT molecular complexity index is 1240.